The number of halogens is 2. The van der Waals surface area contributed by atoms with Gasteiger partial charge in [0.15, 0.2) is 0 Å². The summed E-state index contributed by atoms with van der Waals surface area (Å²) >= 11 is 12.3. The van der Waals surface area contributed by atoms with E-state index in [1.165, 1.54) is 25.3 Å². The topological polar surface area (TPSA) is 83.9 Å². The van der Waals surface area contributed by atoms with Gasteiger partial charge in [0.1, 0.15) is 0 Å². The van der Waals surface area contributed by atoms with E-state index in [0.717, 1.165) is 16.7 Å². The Morgan fingerprint density at radius 1 is 0.875 bits per heavy atom. The van der Waals surface area contributed by atoms with Crippen molar-refractivity contribution in [3.63, 3.8) is 0 Å². The minimum Gasteiger partial charge on any atom is -0.465 e. The van der Waals surface area contributed by atoms with E-state index >= 15 is 0 Å². The van der Waals surface area contributed by atoms with Crippen LogP contribution in [0.2, 0.25) is 10.0 Å². The van der Waals surface area contributed by atoms with Gasteiger partial charge in [0, 0.05) is 24.7 Å². The Kier molecular flexibility index (Phi) is 10.0. The third kappa shape index (κ3) is 7.50. The average molecular weight is 599 g/mol. The lowest BCUT2D eigenvalue weighted by Gasteiger charge is -2.25. The SMILES string of the molecule is COC(=O)c1ccc(S(=O)(=O)c2ccc(CCN(Cc3ccccc3)CC(O)c3cccc(Cl)c3)cc2)cc1Cl. The Labute approximate surface area is 244 Å². The summed E-state index contributed by atoms with van der Waals surface area (Å²) in [7, 11) is -2.61. The van der Waals surface area contributed by atoms with E-state index < -0.39 is 21.9 Å². The molecule has 0 amide bonds. The lowest BCUT2D eigenvalue weighted by Crippen LogP contribution is -2.30. The van der Waals surface area contributed by atoms with Gasteiger partial charge in [-0.2, -0.15) is 0 Å². The van der Waals surface area contributed by atoms with E-state index in [9.17, 15) is 18.3 Å². The van der Waals surface area contributed by atoms with Gasteiger partial charge in [-0.25, -0.2) is 13.2 Å². The molecule has 0 fully saturated rings. The average Bonchev–Trinajstić information content (AvgIpc) is 2.96. The number of aliphatic hydroxyl groups is 1. The second kappa shape index (κ2) is 13.4. The van der Waals surface area contributed by atoms with Crippen molar-refractivity contribution in [2.75, 3.05) is 20.2 Å². The fraction of sp³-hybridized carbons (Fsp3) is 0.194. The Morgan fingerprint density at radius 3 is 2.23 bits per heavy atom. The summed E-state index contributed by atoms with van der Waals surface area (Å²) < 4.78 is 31.0. The minimum absolute atomic E-state index is 0.00279. The van der Waals surface area contributed by atoms with Crippen LogP contribution in [0, 0.1) is 0 Å². The molecule has 0 aromatic heterocycles. The maximum Gasteiger partial charge on any atom is 0.339 e. The predicted molar refractivity (Wildman–Crippen MR) is 157 cm³/mol. The van der Waals surface area contributed by atoms with Gasteiger partial charge >= 0.3 is 5.97 Å². The Bertz CT molecular complexity index is 1560. The Morgan fingerprint density at radius 2 is 1.57 bits per heavy atom. The van der Waals surface area contributed by atoms with Crippen molar-refractivity contribution in [1.82, 2.24) is 4.90 Å². The zero-order chi connectivity index (χ0) is 28.7. The van der Waals surface area contributed by atoms with E-state index in [1.54, 1.807) is 36.4 Å². The molecule has 4 aromatic rings. The highest BCUT2D eigenvalue weighted by Crippen LogP contribution is 2.27. The number of methoxy groups -OCH3 is 1. The Hall–Kier alpha value is -3.20. The summed E-state index contributed by atoms with van der Waals surface area (Å²) in [5.41, 5.74) is 2.92. The molecule has 208 valence electrons. The normalized spacial score (nSPS) is 12.3. The number of carbonyl (C=O) groups excluding carboxylic acids is 1. The summed E-state index contributed by atoms with van der Waals surface area (Å²) in [6.45, 7) is 1.69. The molecule has 0 bridgehead atoms. The molecule has 0 heterocycles. The van der Waals surface area contributed by atoms with Crippen LogP contribution in [0.15, 0.2) is 107 Å². The van der Waals surface area contributed by atoms with Crippen molar-refractivity contribution >= 4 is 39.0 Å². The third-order valence-corrected chi connectivity index (χ3v) is 8.84. The quantitative estimate of drug-likeness (QED) is 0.202. The monoisotopic (exact) mass is 597 g/mol. The van der Waals surface area contributed by atoms with Crippen LogP contribution in [0.1, 0.15) is 33.2 Å². The fourth-order valence-electron chi connectivity index (χ4n) is 4.34. The first-order valence-electron chi connectivity index (χ1n) is 12.6. The van der Waals surface area contributed by atoms with Gasteiger partial charge in [0.05, 0.1) is 33.6 Å². The number of sulfone groups is 1. The fourth-order valence-corrected chi connectivity index (χ4v) is 6.15. The molecule has 0 radical (unpaired) electrons. The maximum absolute atomic E-state index is 13.2. The van der Waals surface area contributed by atoms with Crippen LogP contribution in [0.3, 0.4) is 0 Å². The number of carbonyl (C=O) groups is 1. The summed E-state index contributed by atoms with van der Waals surface area (Å²) in [6.07, 6.45) is -0.0675. The lowest BCUT2D eigenvalue weighted by atomic mass is 10.1. The van der Waals surface area contributed by atoms with Gasteiger partial charge in [-0.05, 0) is 65.6 Å². The molecule has 1 atom stereocenters. The van der Waals surface area contributed by atoms with Gasteiger partial charge in [0.2, 0.25) is 9.84 Å². The Balaban J connectivity index is 1.47. The summed E-state index contributed by atoms with van der Waals surface area (Å²) in [5.74, 6) is -0.639. The molecule has 0 spiro atoms. The first kappa shape index (κ1) is 29.8. The number of hydrogen-bond donors (Lipinski definition) is 1. The van der Waals surface area contributed by atoms with Crippen LogP contribution in [0.5, 0.6) is 0 Å². The molecule has 0 aliphatic heterocycles. The molecule has 0 aliphatic rings. The standard InChI is InChI=1S/C31H29Cl2NO5S/c1-39-31(36)28-15-14-27(19-29(28)33)40(37,38)26-12-10-22(11-13-26)16-17-34(20-23-6-3-2-4-7-23)21-30(35)24-8-5-9-25(32)18-24/h2-15,18-19,30,35H,16-17,20-21H2,1H3. The lowest BCUT2D eigenvalue weighted by molar-refractivity contribution is 0.0600. The highest BCUT2D eigenvalue weighted by Gasteiger charge is 2.21. The molecular weight excluding hydrogens is 569 g/mol. The zero-order valence-electron chi connectivity index (χ0n) is 21.8. The third-order valence-electron chi connectivity index (χ3n) is 6.52. The van der Waals surface area contributed by atoms with Crippen LogP contribution in [0.4, 0.5) is 0 Å². The van der Waals surface area contributed by atoms with E-state index in [1.807, 2.05) is 42.5 Å². The maximum atomic E-state index is 13.2. The van der Waals surface area contributed by atoms with Crippen LogP contribution < -0.4 is 0 Å². The number of nitrogens with zero attached hydrogens (tertiary/aromatic N) is 1. The zero-order valence-corrected chi connectivity index (χ0v) is 24.2. The molecule has 0 saturated carbocycles. The summed E-state index contributed by atoms with van der Waals surface area (Å²) in [5, 5.41) is 11.5. The van der Waals surface area contributed by atoms with Crippen LogP contribution >= 0.6 is 23.2 Å². The van der Waals surface area contributed by atoms with Crippen LogP contribution in [0.25, 0.3) is 0 Å². The number of rotatable bonds is 11. The number of ether oxygens (including phenoxy) is 1. The smallest absolute Gasteiger partial charge is 0.339 e. The molecule has 1 unspecified atom stereocenters. The van der Waals surface area contributed by atoms with Crippen molar-refractivity contribution in [3.05, 3.63) is 129 Å². The van der Waals surface area contributed by atoms with Crippen molar-refractivity contribution in [2.45, 2.75) is 28.9 Å². The van der Waals surface area contributed by atoms with E-state index in [-0.39, 0.29) is 20.4 Å². The summed E-state index contributed by atoms with van der Waals surface area (Å²) in [6, 6.07) is 27.9. The number of benzene rings is 4. The van der Waals surface area contributed by atoms with Crippen molar-refractivity contribution < 1.29 is 23.1 Å². The van der Waals surface area contributed by atoms with Gasteiger partial charge < -0.3 is 9.84 Å². The number of hydrogen-bond acceptors (Lipinski definition) is 6. The van der Waals surface area contributed by atoms with Gasteiger partial charge in [0.25, 0.3) is 0 Å². The first-order valence-corrected chi connectivity index (χ1v) is 14.8. The highest BCUT2D eigenvalue weighted by molar-refractivity contribution is 7.91. The molecule has 1 N–H and O–H groups in total. The summed E-state index contributed by atoms with van der Waals surface area (Å²) in [4.78, 5) is 14.1. The molecule has 4 aromatic carbocycles. The molecule has 40 heavy (non-hydrogen) atoms. The second-order valence-corrected chi connectivity index (χ2v) is 12.1. The first-order chi connectivity index (χ1) is 19.2. The molecule has 4 rings (SSSR count). The van der Waals surface area contributed by atoms with E-state index in [4.69, 9.17) is 23.2 Å². The van der Waals surface area contributed by atoms with Crippen molar-refractivity contribution in [1.29, 1.82) is 0 Å². The molecule has 0 saturated heterocycles. The second-order valence-electron chi connectivity index (χ2n) is 9.32. The number of aliphatic hydroxyl groups excluding tert-OH is 1. The van der Waals surface area contributed by atoms with E-state index in [2.05, 4.69) is 9.64 Å². The number of esters is 1. The minimum atomic E-state index is -3.84. The van der Waals surface area contributed by atoms with Crippen molar-refractivity contribution in [3.8, 4) is 0 Å². The molecule has 9 heteroatoms. The van der Waals surface area contributed by atoms with Gasteiger partial charge in [-0.15, -0.1) is 0 Å². The van der Waals surface area contributed by atoms with Crippen molar-refractivity contribution in [2.24, 2.45) is 0 Å². The highest BCUT2D eigenvalue weighted by atomic mass is 35.5. The predicted octanol–water partition coefficient (Wildman–Crippen LogP) is 6.39. The van der Waals surface area contributed by atoms with Gasteiger partial charge in [-0.1, -0.05) is 77.8 Å². The van der Waals surface area contributed by atoms with Gasteiger partial charge in [-0.3, -0.25) is 4.90 Å². The molecule has 0 aliphatic carbocycles. The molecular formula is C31H29Cl2NO5S. The van der Waals surface area contributed by atoms with Crippen LogP contribution in [-0.2, 0) is 27.5 Å². The van der Waals surface area contributed by atoms with Crippen LogP contribution in [-0.4, -0.2) is 44.6 Å². The van der Waals surface area contributed by atoms with E-state index in [0.29, 0.717) is 31.1 Å². The largest absolute Gasteiger partial charge is 0.465 e. The molecule has 6 nitrogen and oxygen atoms in total.